The fraction of sp³-hybridized carbons (Fsp3) is 0.417. The number of ether oxygens (including phenoxy) is 1. The molecule has 1 aromatic rings. The Kier molecular flexibility index (Phi) is 5.71. The van der Waals surface area contributed by atoms with Crippen molar-refractivity contribution in [2.45, 2.75) is 12.7 Å². The molecule has 0 atom stereocenters. The summed E-state index contributed by atoms with van der Waals surface area (Å²) >= 11 is 4.77. The highest BCUT2D eigenvalue weighted by molar-refractivity contribution is 7.88. The van der Waals surface area contributed by atoms with Crippen molar-refractivity contribution in [1.82, 2.24) is 4.31 Å². The van der Waals surface area contributed by atoms with E-state index >= 15 is 0 Å². The molecule has 7 heteroatoms. The largest absolute Gasteiger partial charge is 0.496 e. The van der Waals surface area contributed by atoms with Crippen LogP contribution in [0.15, 0.2) is 24.3 Å². The highest BCUT2D eigenvalue weighted by atomic mass is 32.2. The molecule has 1 aromatic carbocycles. The molecule has 19 heavy (non-hydrogen) atoms. The van der Waals surface area contributed by atoms with Crippen LogP contribution in [0, 0.1) is 0 Å². The van der Waals surface area contributed by atoms with Gasteiger partial charge in [-0.1, -0.05) is 37.3 Å². The number of hydrogen-bond donors (Lipinski definition) is 1. The number of nitrogens with two attached hydrogens (primary N) is 1. The van der Waals surface area contributed by atoms with Gasteiger partial charge in [-0.3, -0.25) is 0 Å². The van der Waals surface area contributed by atoms with Crippen molar-refractivity contribution in [2.24, 2.45) is 5.73 Å². The van der Waals surface area contributed by atoms with E-state index in [0.717, 1.165) is 0 Å². The highest BCUT2D eigenvalue weighted by Gasteiger charge is 2.22. The molecule has 0 saturated carbocycles. The van der Waals surface area contributed by atoms with E-state index in [1.54, 1.807) is 31.2 Å². The summed E-state index contributed by atoms with van der Waals surface area (Å²) in [5.74, 6) is 0.422. The quantitative estimate of drug-likeness (QED) is 0.765. The van der Waals surface area contributed by atoms with Crippen LogP contribution >= 0.6 is 12.2 Å². The maximum Gasteiger partial charge on any atom is 0.218 e. The van der Waals surface area contributed by atoms with E-state index in [9.17, 15) is 8.42 Å². The summed E-state index contributed by atoms with van der Waals surface area (Å²) in [6.45, 7) is 2.14. The van der Waals surface area contributed by atoms with E-state index in [2.05, 4.69) is 0 Å². The Hall–Kier alpha value is -1.18. The van der Waals surface area contributed by atoms with E-state index in [1.807, 2.05) is 0 Å². The van der Waals surface area contributed by atoms with Crippen molar-refractivity contribution in [1.29, 1.82) is 0 Å². The van der Waals surface area contributed by atoms with Gasteiger partial charge in [-0.05, 0) is 6.07 Å². The number of hydrogen-bond acceptors (Lipinski definition) is 4. The van der Waals surface area contributed by atoms with Crippen LogP contribution in [0.1, 0.15) is 12.5 Å². The molecule has 0 radical (unpaired) electrons. The molecule has 0 aromatic heterocycles. The Bertz CT molecular complexity index is 544. The molecule has 0 aliphatic rings. The Labute approximate surface area is 119 Å². The Balaban J connectivity index is 2.98. The number of rotatable bonds is 7. The van der Waals surface area contributed by atoms with Crippen LogP contribution < -0.4 is 10.5 Å². The zero-order valence-electron chi connectivity index (χ0n) is 11.0. The van der Waals surface area contributed by atoms with E-state index in [4.69, 9.17) is 22.7 Å². The van der Waals surface area contributed by atoms with Gasteiger partial charge in [-0.15, -0.1) is 0 Å². The van der Waals surface area contributed by atoms with Gasteiger partial charge >= 0.3 is 0 Å². The second-order valence-electron chi connectivity index (χ2n) is 3.96. The predicted molar refractivity (Wildman–Crippen MR) is 79.7 cm³/mol. The smallest absolute Gasteiger partial charge is 0.218 e. The van der Waals surface area contributed by atoms with Crippen LogP contribution in [-0.2, 0) is 15.8 Å². The highest BCUT2D eigenvalue weighted by Crippen LogP contribution is 2.21. The molecule has 0 bridgehead atoms. The minimum atomic E-state index is -3.47. The van der Waals surface area contributed by atoms with Crippen molar-refractivity contribution in [3.63, 3.8) is 0 Å². The van der Waals surface area contributed by atoms with Gasteiger partial charge in [0.2, 0.25) is 10.0 Å². The molecule has 1 rings (SSSR count). The van der Waals surface area contributed by atoms with Gasteiger partial charge in [0, 0.05) is 12.1 Å². The summed E-state index contributed by atoms with van der Waals surface area (Å²) in [5.41, 5.74) is 6.03. The number of sulfonamides is 1. The number of para-hydroxylation sites is 1. The van der Waals surface area contributed by atoms with Crippen LogP contribution in [-0.4, -0.2) is 37.9 Å². The molecule has 0 heterocycles. The first-order valence-corrected chi connectivity index (χ1v) is 7.80. The third-order valence-electron chi connectivity index (χ3n) is 2.61. The molecule has 0 fully saturated rings. The molecule has 5 nitrogen and oxygen atoms in total. The molecule has 0 amide bonds. The Morgan fingerprint density at radius 1 is 1.42 bits per heavy atom. The lowest BCUT2D eigenvalue weighted by atomic mass is 10.2. The summed E-state index contributed by atoms with van der Waals surface area (Å²) in [6.07, 6.45) is 0. The zero-order chi connectivity index (χ0) is 14.5. The Morgan fingerprint density at radius 3 is 2.58 bits per heavy atom. The maximum absolute atomic E-state index is 12.3. The number of nitrogens with zero attached hydrogens (tertiary/aromatic N) is 1. The molecule has 2 N–H and O–H groups in total. The monoisotopic (exact) mass is 302 g/mol. The van der Waals surface area contributed by atoms with Gasteiger partial charge in [0.05, 0.1) is 24.4 Å². The lowest BCUT2D eigenvalue weighted by Crippen LogP contribution is -2.38. The Morgan fingerprint density at radius 2 is 2.05 bits per heavy atom. The minimum absolute atomic E-state index is 0.0588. The summed E-state index contributed by atoms with van der Waals surface area (Å²) in [4.78, 5) is 0.158. The first-order valence-electron chi connectivity index (χ1n) is 5.78. The second-order valence-corrected chi connectivity index (χ2v) is 6.45. The van der Waals surface area contributed by atoms with Gasteiger partial charge in [0.15, 0.2) is 0 Å². The number of benzene rings is 1. The molecule has 0 unspecified atom stereocenters. The first kappa shape index (κ1) is 15.9. The van der Waals surface area contributed by atoms with Crippen molar-refractivity contribution in [3.05, 3.63) is 29.8 Å². The van der Waals surface area contributed by atoms with E-state index in [0.29, 0.717) is 17.9 Å². The predicted octanol–water partition coefficient (Wildman–Crippen LogP) is 1.13. The topological polar surface area (TPSA) is 72.6 Å². The molecule has 0 aliphatic heterocycles. The maximum atomic E-state index is 12.3. The van der Waals surface area contributed by atoms with Gasteiger partial charge in [-0.25, -0.2) is 8.42 Å². The molecule has 0 aliphatic carbocycles. The fourth-order valence-corrected chi connectivity index (χ4v) is 3.47. The molecular formula is C12H18N2O3S2. The average Bonchev–Trinajstić information content (AvgIpc) is 2.35. The van der Waals surface area contributed by atoms with Gasteiger partial charge in [-0.2, -0.15) is 4.31 Å². The molecule has 0 spiro atoms. The van der Waals surface area contributed by atoms with Crippen LogP contribution in [0.5, 0.6) is 5.75 Å². The third-order valence-corrected chi connectivity index (χ3v) is 4.59. The lowest BCUT2D eigenvalue weighted by Gasteiger charge is -2.20. The molecule has 0 saturated heterocycles. The van der Waals surface area contributed by atoms with Crippen LogP contribution in [0.2, 0.25) is 0 Å². The normalized spacial score (nSPS) is 11.5. The standard InChI is InChI=1S/C12H18N2O3S2/c1-3-14(8-12(13)18)19(15,16)9-10-6-4-5-7-11(10)17-2/h4-7H,3,8-9H2,1-2H3,(H2,13,18). The third kappa shape index (κ3) is 4.45. The fourth-order valence-electron chi connectivity index (χ4n) is 1.69. The van der Waals surface area contributed by atoms with Gasteiger partial charge in [0.25, 0.3) is 0 Å². The SMILES string of the molecule is CCN(CC(N)=S)S(=O)(=O)Cc1ccccc1OC. The summed E-state index contributed by atoms with van der Waals surface area (Å²) in [7, 11) is -1.96. The zero-order valence-corrected chi connectivity index (χ0v) is 12.6. The van der Waals surface area contributed by atoms with E-state index < -0.39 is 10.0 Å². The van der Waals surface area contributed by atoms with Crippen LogP contribution in [0.3, 0.4) is 0 Å². The summed E-state index contributed by atoms with van der Waals surface area (Å²) in [5, 5.41) is 0. The average molecular weight is 302 g/mol. The summed E-state index contributed by atoms with van der Waals surface area (Å²) in [6, 6.07) is 7.03. The second kappa shape index (κ2) is 6.83. The van der Waals surface area contributed by atoms with Gasteiger partial charge in [0.1, 0.15) is 5.75 Å². The van der Waals surface area contributed by atoms with Crippen molar-refractivity contribution in [3.8, 4) is 5.75 Å². The number of likely N-dealkylation sites (N-methyl/N-ethyl adjacent to an activating group) is 1. The van der Waals surface area contributed by atoms with Crippen molar-refractivity contribution in [2.75, 3.05) is 20.2 Å². The van der Waals surface area contributed by atoms with Gasteiger partial charge < -0.3 is 10.5 Å². The minimum Gasteiger partial charge on any atom is -0.496 e. The molecular weight excluding hydrogens is 284 g/mol. The first-order chi connectivity index (χ1) is 8.90. The van der Waals surface area contributed by atoms with Crippen molar-refractivity contribution >= 4 is 27.2 Å². The lowest BCUT2D eigenvalue weighted by molar-refractivity contribution is 0.410. The van der Waals surface area contributed by atoms with E-state index in [-0.39, 0.29) is 17.3 Å². The van der Waals surface area contributed by atoms with Crippen molar-refractivity contribution < 1.29 is 13.2 Å². The number of thiocarbonyl (C=S) groups is 1. The van der Waals surface area contributed by atoms with E-state index in [1.165, 1.54) is 11.4 Å². The summed E-state index contributed by atoms with van der Waals surface area (Å²) < 4.78 is 31.0. The number of methoxy groups -OCH3 is 1. The van der Waals surface area contributed by atoms with Crippen LogP contribution in [0.25, 0.3) is 0 Å². The molecule has 106 valence electrons. The van der Waals surface area contributed by atoms with Crippen LogP contribution in [0.4, 0.5) is 0 Å².